The molecule has 0 bridgehead atoms. The Bertz CT molecular complexity index is 56.9. The summed E-state index contributed by atoms with van der Waals surface area (Å²) >= 11 is 1.98. The lowest BCUT2D eigenvalue weighted by Gasteiger charge is -2.05. The van der Waals surface area contributed by atoms with Gasteiger partial charge in [0.05, 0.1) is 0 Å². The van der Waals surface area contributed by atoms with Gasteiger partial charge in [-0.25, -0.2) is 0 Å². The SMILES string of the molecule is CCCCSC(C)CN. The fourth-order valence-corrected chi connectivity index (χ4v) is 1.49. The molecular weight excluding hydrogens is 130 g/mol. The van der Waals surface area contributed by atoms with Crippen molar-refractivity contribution < 1.29 is 0 Å². The van der Waals surface area contributed by atoms with Crippen molar-refractivity contribution in [2.75, 3.05) is 12.3 Å². The molecule has 0 aliphatic rings. The van der Waals surface area contributed by atoms with Gasteiger partial charge in [-0.2, -0.15) is 11.8 Å². The predicted molar refractivity (Wildman–Crippen MR) is 45.9 cm³/mol. The fourth-order valence-electron chi connectivity index (χ4n) is 0.497. The van der Waals surface area contributed by atoms with Crippen LogP contribution in [0.25, 0.3) is 0 Å². The lowest BCUT2D eigenvalue weighted by molar-refractivity contribution is 0.885. The van der Waals surface area contributed by atoms with Gasteiger partial charge in [-0.05, 0) is 12.2 Å². The van der Waals surface area contributed by atoms with Crippen molar-refractivity contribution in [2.24, 2.45) is 5.73 Å². The highest BCUT2D eigenvalue weighted by atomic mass is 32.2. The summed E-state index contributed by atoms with van der Waals surface area (Å²) in [6.07, 6.45) is 2.62. The third kappa shape index (κ3) is 6.19. The Kier molecular flexibility index (Phi) is 6.65. The average Bonchev–Trinajstić information content (AvgIpc) is 1.89. The van der Waals surface area contributed by atoms with E-state index in [1.165, 1.54) is 18.6 Å². The lowest BCUT2D eigenvalue weighted by Crippen LogP contribution is -2.12. The Morgan fingerprint density at radius 2 is 2.22 bits per heavy atom. The molecule has 0 aromatic rings. The molecule has 0 fully saturated rings. The van der Waals surface area contributed by atoms with Gasteiger partial charge < -0.3 is 5.73 Å². The van der Waals surface area contributed by atoms with E-state index in [1.807, 2.05) is 11.8 Å². The van der Waals surface area contributed by atoms with Crippen molar-refractivity contribution in [1.82, 2.24) is 0 Å². The third-order valence-electron chi connectivity index (χ3n) is 1.23. The van der Waals surface area contributed by atoms with Crippen LogP contribution >= 0.6 is 11.8 Å². The van der Waals surface area contributed by atoms with Crippen LogP contribution in [0.5, 0.6) is 0 Å². The Balaban J connectivity index is 2.88. The molecule has 2 heteroatoms. The van der Waals surface area contributed by atoms with E-state index < -0.39 is 0 Å². The monoisotopic (exact) mass is 147 g/mol. The second-order valence-corrected chi connectivity index (χ2v) is 3.82. The van der Waals surface area contributed by atoms with Gasteiger partial charge in [-0.15, -0.1) is 0 Å². The molecule has 1 atom stereocenters. The van der Waals surface area contributed by atoms with Crippen LogP contribution in [-0.2, 0) is 0 Å². The molecular formula is C7H17NS. The van der Waals surface area contributed by atoms with Gasteiger partial charge in [0.1, 0.15) is 0 Å². The van der Waals surface area contributed by atoms with Crippen LogP contribution in [0.3, 0.4) is 0 Å². The average molecular weight is 147 g/mol. The smallest absolute Gasteiger partial charge is 0.0141 e. The van der Waals surface area contributed by atoms with Crippen LogP contribution in [0.1, 0.15) is 26.7 Å². The van der Waals surface area contributed by atoms with Gasteiger partial charge in [0, 0.05) is 11.8 Å². The number of nitrogens with two attached hydrogens (primary N) is 1. The molecule has 0 saturated carbocycles. The van der Waals surface area contributed by atoms with Crippen molar-refractivity contribution in [1.29, 1.82) is 0 Å². The van der Waals surface area contributed by atoms with E-state index in [9.17, 15) is 0 Å². The fraction of sp³-hybridized carbons (Fsp3) is 1.00. The van der Waals surface area contributed by atoms with Crippen LogP contribution in [0, 0.1) is 0 Å². The molecule has 0 aromatic heterocycles. The quantitative estimate of drug-likeness (QED) is 0.601. The summed E-state index contributed by atoms with van der Waals surface area (Å²) in [6, 6.07) is 0. The standard InChI is InChI=1S/C7H17NS/c1-3-4-5-9-7(2)6-8/h7H,3-6,8H2,1-2H3. The summed E-state index contributed by atoms with van der Waals surface area (Å²) in [7, 11) is 0. The molecule has 2 N–H and O–H groups in total. The maximum Gasteiger partial charge on any atom is 0.0141 e. The van der Waals surface area contributed by atoms with E-state index in [2.05, 4.69) is 13.8 Å². The largest absolute Gasteiger partial charge is 0.329 e. The van der Waals surface area contributed by atoms with Gasteiger partial charge in [0.2, 0.25) is 0 Å². The molecule has 0 radical (unpaired) electrons. The maximum absolute atomic E-state index is 5.43. The molecule has 0 aliphatic carbocycles. The van der Waals surface area contributed by atoms with Crippen LogP contribution in [-0.4, -0.2) is 17.5 Å². The van der Waals surface area contributed by atoms with Crippen molar-refractivity contribution in [3.63, 3.8) is 0 Å². The van der Waals surface area contributed by atoms with E-state index in [0.717, 1.165) is 6.54 Å². The normalized spacial score (nSPS) is 13.7. The van der Waals surface area contributed by atoms with E-state index in [1.54, 1.807) is 0 Å². The summed E-state index contributed by atoms with van der Waals surface area (Å²) in [5.41, 5.74) is 5.43. The van der Waals surface area contributed by atoms with Crippen LogP contribution < -0.4 is 5.73 Å². The Hall–Kier alpha value is 0.310. The van der Waals surface area contributed by atoms with Gasteiger partial charge in [0.15, 0.2) is 0 Å². The molecule has 56 valence electrons. The van der Waals surface area contributed by atoms with Gasteiger partial charge >= 0.3 is 0 Å². The second kappa shape index (κ2) is 6.43. The molecule has 0 aromatic carbocycles. The Labute approximate surface area is 62.4 Å². The van der Waals surface area contributed by atoms with Crippen molar-refractivity contribution in [3.8, 4) is 0 Å². The van der Waals surface area contributed by atoms with E-state index in [0.29, 0.717) is 5.25 Å². The van der Waals surface area contributed by atoms with Crippen molar-refractivity contribution in [3.05, 3.63) is 0 Å². The first-order valence-electron chi connectivity index (χ1n) is 3.63. The molecule has 1 unspecified atom stereocenters. The topological polar surface area (TPSA) is 26.0 Å². The molecule has 0 heterocycles. The van der Waals surface area contributed by atoms with Crippen LogP contribution in [0.2, 0.25) is 0 Å². The zero-order valence-electron chi connectivity index (χ0n) is 6.39. The molecule has 0 aliphatic heterocycles. The van der Waals surface area contributed by atoms with Gasteiger partial charge in [-0.1, -0.05) is 20.3 Å². The first kappa shape index (κ1) is 9.31. The summed E-state index contributed by atoms with van der Waals surface area (Å²) in [5.74, 6) is 1.27. The van der Waals surface area contributed by atoms with E-state index in [4.69, 9.17) is 5.73 Å². The molecule has 0 rings (SSSR count). The summed E-state index contributed by atoms with van der Waals surface area (Å²) < 4.78 is 0. The number of rotatable bonds is 5. The molecule has 0 spiro atoms. The van der Waals surface area contributed by atoms with Crippen molar-refractivity contribution in [2.45, 2.75) is 31.9 Å². The zero-order valence-corrected chi connectivity index (χ0v) is 7.21. The summed E-state index contributed by atoms with van der Waals surface area (Å²) in [4.78, 5) is 0. The lowest BCUT2D eigenvalue weighted by atomic mass is 10.4. The minimum absolute atomic E-state index is 0.650. The first-order chi connectivity index (χ1) is 4.31. The first-order valence-corrected chi connectivity index (χ1v) is 4.67. The highest BCUT2D eigenvalue weighted by molar-refractivity contribution is 7.99. The van der Waals surface area contributed by atoms with E-state index >= 15 is 0 Å². The highest BCUT2D eigenvalue weighted by Crippen LogP contribution is 2.10. The van der Waals surface area contributed by atoms with Gasteiger partial charge in [-0.3, -0.25) is 0 Å². The molecule has 1 nitrogen and oxygen atoms in total. The summed E-state index contributed by atoms with van der Waals surface area (Å²) in [5, 5.41) is 0.650. The number of hydrogen-bond donors (Lipinski definition) is 1. The number of thioether (sulfide) groups is 1. The van der Waals surface area contributed by atoms with Crippen LogP contribution in [0.4, 0.5) is 0 Å². The Morgan fingerprint density at radius 3 is 2.67 bits per heavy atom. The highest BCUT2D eigenvalue weighted by Gasteiger charge is 1.96. The molecule has 9 heavy (non-hydrogen) atoms. The second-order valence-electron chi connectivity index (χ2n) is 2.27. The molecule has 0 amide bonds. The zero-order chi connectivity index (χ0) is 7.11. The van der Waals surface area contributed by atoms with Crippen molar-refractivity contribution >= 4 is 11.8 Å². The summed E-state index contributed by atoms with van der Waals surface area (Å²) in [6.45, 7) is 5.21. The minimum Gasteiger partial charge on any atom is -0.329 e. The minimum atomic E-state index is 0.650. The number of unbranched alkanes of at least 4 members (excludes halogenated alkanes) is 1. The van der Waals surface area contributed by atoms with Gasteiger partial charge in [0.25, 0.3) is 0 Å². The molecule has 0 saturated heterocycles. The number of hydrogen-bond acceptors (Lipinski definition) is 2. The third-order valence-corrected chi connectivity index (χ3v) is 2.52. The van der Waals surface area contributed by atoms with E-state index in [-0.39, 0.29) is 0 Å². The maximum atomic E-state index is 5.43. The predicted octanol–water partition coefficient (Wildman–Crippen LogP) is 1.87. The van der Waals surface area contributed by atoms with Crippen LogP contribution in [0.15, 0.2) is 0 Å². The Morgan fingerprint density at radius 1 is 1.56 bits per heavy atom.